The fraction of sp³-hybridized carbons (Fsp3) is 0.467. The van der Waals surface area contributed by atoms with E-state index in [1.165, 1.54) is 7.11 Å². The van der Waals surface area contributed by atoms with Crippen molar-refractivity contribution in [2.75, 3.05) is 26.8 Å². The summed E-state index contributed by atoms with van der Waals surface area (Å²) in [6, 6.07) is 5.12. The molecule has 2 rings (SSSR count). The fourth-order valence-electron chi connectivity index (χ4n) is 2.42. The Kier molecular flexibility index (Phi) is 5.63. The topological polar surface area (TPSA) is 76.1 Å². The molecular formula is C15H18ClNO5. The molecule has 1 aromatic rings. The molecule has 1 unspecified atom stereocenters. The van der Waals surface area contributed by atoms with Gasteiger partial charge in [-0.15, -0.1) is 0 Å². The zero-order chi connectivity index (χ0) is 16.1. The molecule has 1 amide bonds. The van der Waals surface area contributed by atoms with Gasteiger partial charge in [0.05, 0.1) is 32.7 Å². The minimum Gasteiger partial charge on any atom is -0.496 e. The lowest BCUT2D eigenvalue weighted by Gasteiger charge is -2.32. The van der Waals surface area contributed by atoms with Crippen molar-refractivity contribution in [3.05, 3.63) is 28.8 Å². The lowest BCUT2D eigenvalue weighted by molar-refractivity contribution is -0.147. The molecule has 1 atom stereocenters. The van der Waals surface area contributed by atoms with Crippen molar-refractivity contribution in [3.63, 3.8) is 0 Å². The number of benzene rings is 1. The van der Waals surface area contributed by atoms with E-state index in [1.807, 2.05) is 0 Å². The Balaban J connectivity index is 2.02. The number of ether oxygens (including phenoxy) is 2. The number of hydrogen-bond acceptors (Lipinski definition) is 4. The van der Waals surface area contributed by atoms with Crippen LogP contribution in [-0.4, -0.2) is 54.8 Å². The number of amides is 1. The normalized spacial score (nSPS) is 18.1. The van der Waals surface area contributed by atoms with Crippen LogP contribution in [0.2, 0.25) is 5.02 Å². The van der Waals surface area contributed by atoms with Crippen molar-refractivity contribution >= 4 is 23.5 Å². The SMILES string of the molecule is COc1ccc(Cl)cc1CC(=O)N1CCOC(CC(=O)O)C1. The fourth-order valence-corrected chi connectivity index (χ4v) is 2.62. The van der Waals surface area contributed by atoms with Crippen molar-refractivity contribution in [3.8, 4) is 5.75 Å². The average Bonchev–Trinajstić information content (AvgIpc) is 2.47. The van der Waals surface area contributed by atoms with Crippen molar-refractivity contribution in [1.82, 2.24) is 4.90 Å². The van der Waals surface area contributed by atoms with E-state index in [1.54, 1.807) is 23.1 Å². The lowest BCUT2D eigenvalue weighted by Crippen LogP contribution is -2.46. The zero-order valence-corrected chi connectivity index (χ0v) is 13.0. The maximum atomic E-state index is 12.4. The monoisotopic (exact) mass is 327 g/mol. The van der Waals surface area contributed by atoms with Gasteiger partial charge in [0, 0.05) is 23.7 Å². The molecule has 0 spiro atoms. The summed E-state index contributed by atoms with van der Waals surface area (Å²) < 4.78 is 10.6. The molecule has 0 radical (unpaired) electrons. The van der Waals surface area contributed by atoms with E-state index >= 15 is 0 Å². The van der Waals surface area contributed by atoms with Crippen molar-refractivity contribution in [2.45, 2.75) is 18.9 Å². The van der Waals surface area contributed by atoms with Crippen LogP contribution in [0.15, 0.2) is 18.2 Å². The molecule has 7 heteroatoms. The predicted molar refractivity (Wildman–Crippen MR) is 80.3 cm³/mol. The standard InChI is InChI=1S/C15H18ClNO5/c1-21-13-3-2-11(16)6-10(13)7-14(18)17-4-5-22-12(9-17)8-15(19)20/h2-3,6,12H,4-5,7-9H2,1H3,(H,19,20). The van der Waals surface area contributed by atoms with E-state index in [2.05, 4.69) is 0 Å². The molecule has 1 aromatic carbocycles. The van der Waals surface area contributed by atoms with Crippen molar-refractivity contribution < 1.29 is 24.2 Å². The first kappa shape index (κ1) is 16.6. The van der Waals surface area contributed by atoms with Gasteiger partial charge < -0.3 is 19.5 Å². The van der Waals surface area contributed by atoms with Gasteiger partial charge in [-0.2, -0.15) is 0 Å². The molecule has 6 nitrogen and oxygen atoms in total. The quantitative estimate of drug-likeness (QED) is 0.889. The van der Waals surface area contributed by atoms with Crippen LogP contribution in [0.25, 0.3) is 0 Å². The molecule has 0 aromatic heterocycles. The van der Waals surface area contributed by atoms with Crippen LogP contribution in [0, 0.1) is 0 Å². The third-order valence-electron chi connectivity index (χ3n) is 3.48. The van der Waals surface area contributed by atoms with E-state index < -0.39 is 12.1 Å². The lowest BCUT2D eigenvalue weighted by atomic mass is 10.1. The van der Waals surface area contributed by atoms with Gasteiger partial charge in [-0.05, 0) is 18.2 Å². The number of aliphatic carboxylic acids is 1. The van der Waals surface area contributed by atoms with Crippen molar-refractivity contribution in [1.29, 1.82) is 0 Å². The summed E-state index contributed by atoms with van der Waals surface area (Å²) in [4.78, 5) is 24.8. The summed E-state index contributed by atoms with van der Waals surface area (Å²) in [6.45, 7) is 1.09. The van der Waals surface area contributed by atoms with E-state index in [-0.39, 0.29) is 25.3 Å². The molecule has 1 heterocycles. The summed E-state index contributed by atoms with van der Waals surface area (Å²) >= 11 is 5.96. The van der Waals surface area contributed by atoms with E-state index in [0.29, 0.717) is 29.5 Å². The number of rotatable bonds is 5. The first-order chi connectivity index (χ1) is 10.5. The molecule has 1 aliphatic heterocycles. The van der Waals surface area contributed by atoms with Crippen LogP contribution in [0.1, 0.15) is 12.0 Å². The molecule has 0 saturated carbocycles. The van der Waals surface area contributed by atoms with Crippen molar-refractivity contribution in [2.24, 2.45) is 0 Å². The van der Waals surface area contributed by atoms with Gasteiger partial charge in [0.25, 0.3) is 0 Å². The summed E-state index contributed by atoms with van der Waals surface area (Å²) in [5.74, 6) is -0.428. The molecule has 0 aliphatic carbocycles. The second kappa shape index (κ2) is 7.47. The maximum absolute atomic E-state index is 12.4. The number of hydrogen-bond donors (Lipinski definition) is 1. The summed E-state index contributed by atoms with van der Waals surface area (Å²) in [6.07, 6.45) is -0.412. The van der Waals surface area contributed by atoms with Gasteiger partial charge in [-0.25, -0.2) is 0 Å². The van der Waals surface area contributed by atoms with Crippen LogP contribution in [-0.2, 0) is 20.7 Å². The maximum Gasteiger partial charge on any atom is 0.306 e. The molecule has 1 fully saturated rings. The van der Waals surface area contributed by atoms with E-state index in [4.69, 9.17) is 26.2 Å². The highest BCUT2D eigenvalue weighted by atomic mass is 35.5. The minimum absolute atomic E-state index is 0.0979. The molecule has 1 N–H and O–H groups in total. The van der Waals surface area contributed by atoms with Gasteiger partial charge in [0.1, 0.15) is 5.75 Å². The Morgan fingerprint density at radius 2 is 2.27 bits per heavy atom. The Hall–Kier alpha value is -1.79. The largest absolute Gasteiger partial charge is 0.496 e. The Morgan fingerprint density at radius 1 is 1.50 bits per heavy atom. The Morgan fingerprint density at radius 3 is 2.95 bits per heavy atom. The number of carboxylic acids is 1. The number of methoxy groups -OCH3 is 1. The van der Waals surface area contributed by atoms with Gasteiger partial charge >= 0.3 is 5.97 Å². The Bertz CT molecular complexity index is 563. The van der Waals surface area contributed by atoms with Gasteiger partial charge in [-0.1, -0.05) is 11.6 Å². The number of carboxylic acid groups (broad SMARTS) is 1. The first-order valence-electron chi connectivity index (χ1n) is 6.93. The third-order valence-corrected chi connectivity index (χ3v) is 3.71. The molecule has 120 valence electrons. The predicted octanol–water partition coefficient (Wildman–Crippen LogP) is 1.59. The van der Waals surface area contributed by atoms with Gasteiger partial charge in [0.15, 0.2) is 0 Å². The van der Waals surface area contributed by atoms with Crippen LogP contribution < -0.4 is 4.74 Å². The minimum atomic E-state index is -0.934. The zero-order valence-electron chi connectivity index (χ0n) is 12.3. The Labute approximate surface area is 133 Å². The van der Waals surface area contributed by atoms with Crippen LogP contribution in [0.5, 0.6) is 5.75 Å². The molecule has 22 heavy (non-hydrogen) atoms. The average molecular weight is 328 g/mol. The molecule has 0 bridgehead atoms. The number of halogens is 1. The summed E-state index contributed by atoms with van der Waals surface area (Å²) in [5.41, 5.74) is 0.710. The van der Waals surface area contributed by atoms with Gasteiger partial charge in [0.2, 0.25) is 5.91 Å². The summed E-state index contributed by atoms with van der Waals surface area (Å²) in [7, 11) is 1.54. The smallest absolute Gasteiger partial charge is 0.306 e. The summed E-state index contributed by atoms with van der Waals surface area (Å²) in [5, 5.41) is 9.35. The highest BCUT2D eigenvalue weighted by molar-refractivity contribution is 6.30. The number of morpholine rings is 1. The second-order valence-corrected chi connectivity index (χ2v) is 5.50. The third kappa shape index (κ3) is 4.35. The molecular weight excluding hydrogens is 310 g/mol. The number of carbonyl (C=O) groups excluding carboxylic acids is 1. The molecule has 1 aliphatic rings. The number of nitrogens with zero attached hydrogens (tertiary/aromatic N) is 1. The van der Waals surface area contributed by atoms with E-state index in [0.717, 1.165) is 0 Å². The highest BCUT2D eigenvalue weighted by Crippen LogP contribution is 2.24. The van der Waals surface area contributed by atoms with Gasteiger partial charge in [-0.3, -0.25) is 9.59 Å². The van der Waals surface area contributed by atoms with E-state index in [9.17, 15) is 9.59 Å². The molecule has 1 saturated heterocycles. The second-order valence-electron chi connectivity index (χ2n) is 5.06. The van der Waals surface area contributed by atoms with Crippen LogP contribution in [0.3, 0.4) is 0 Å². The van der Waals surface area contributed by atoms with Crippen LogP contribution in [0.4, 0.5) is 0 Å². The van der Waals surface area contributed by atoms with Crippen LogP contribution >= 0.6 is 11.6 Å². The number of carbonyl (C=O) groups is 2. The first-order valence-corrected chi connectivity index (χ1v) is 7.31. The highest BCUT2D eigenvalue weighted by Gasteiger charge is 2.26.